The Kier molecular flexibility index (Phi) is 9.00. The Bertz CT molecular complexity index is 145. The maximum absolute atomic E-state index is 10.2. The van der Waals surface area contributed by atoms with Gasteiger partial charge >= 0.3 is 5.97 Å². The van der Waals surface area contributed by atoms with E-state index in [9.17, 15) is 4.79 Å². The molecule has 11 heavy (non-hydrogen) atoms. The minimum Gasteiger partial charge on any atom is -0.478 e. The van der Waals surface area contributed by atoms with E-state index in [1.165, 1.54) is 0 Å². The highest BCUT2D eigenvalue weighted by Gasteiger charge is 1.96. The predicted molar refractivity (Wildman–Crippen MR) is 47.2 cm³/mol. The summed E-state index contributed by atoms with van der Waals surface area (Å²) in [7, 11) is 1.84. The van der Waals surface area contributed by atoms with Crippen LogP contribution >= 0.6 is 12.4 Å². The summed E-state index contributed by atoms with van der Waals surface area (Å²) in [5.74, 6) is -0.837. The summed E-state index contributed by atoms with van der Waals surface area (Å²) in [5, 5.41) is 11.3. The smallest absolute Gasteiger partial charge is 0.330 e. The van der Waals surface area contributed by atoms with Crippen LogP contribution in [0.3, 0.4) is 0 Å². The monoisotopic (exact) mass is 179 g/mol. The minimum absolute atomic E-state index is 0. The van der Waals surface area contributed by atoms with Crippen molar-refractivity contribution in [1.82, 2.24) is 5.32 Å². The van der Waals surface area contributed by atoms with Crippen molar-refractivity contribution in [3.8, 4) is 0 Å². The zero-order valence-corrected chi connectivity index (χ0v) is 7.57. The highest BCUT2D eigenvalue weighted by Crippen LogP contribution is 1.93. The zero-order chi connectivity index (χ0) is 7.98. The maximum atomic E-state index is 10.2. The molecule has 4 heteroatoms. The number of hydrogen-bond acceptors (Lipinski definition) is 2. The van der Waals surface area contributed by atoms with Gasteiger partial charge < -0.3 is 10.4 Å². The van der Waals surface area contributed by atoms with Crippen molar-refractivity contribution in [2.45, 2.75) is 13.3 Å². The number of nitrogens with one attached hydrogen (secondary N) is 1. The van der Waals surface area contributed by atoms with Gasteiger partial charge in [-0.2, -0.15) is 0 Å². The van der Waals surface area contributed by atoms with Crippen molar-refractivity contribution in [2.75, 3.05) is 13.6 Å². The van der Waals surface area contributed by atoms with Crippen LogP contribution in [0.15, 0.2) is 11.6 Å². The van der Waals surface area contributed by atoms with E-state index in [1.807, 2.05) is 7.05 Å². The van der Waals surface area contributed by atoms with Crippen LogP contribution in [0.1, 0.15) is 13.3 Å². The van der Waals surface area contributed by atoms with Crippen molar-refractivity contribution < 1.29 is 9.90 Å². The predicted octanol–water partition coefficient (Wildman–Crippen LogP) is 1.05. The average molecular weight is 180 g/mol. The fourth-order valence-electron chi connectivity index (χ4n) is 0.520. The van der Waals surface area contributed by atoms with Gasteiger partial charge in [0.2, 0.25) is 0 Å². The van der Waals surface area contributed by atoms with Crippen molar-refractivity contribution in [3.05, 3.63) is 11.6 Å². The second kappa shape index (κ2) is 7.57. The largest absolute Gasteiger partial charge is 0.478 e. The van der Waals surface area contributed by atoms with E-state index >= 15 is 0 Å². The van der Waals surface area contributed by atoms with Crippen molar-refractivity contribution in [1.29, 1.82) is 0 Å². The molecule has 0 fully saturated rings. The van der Waals surface area contributed by atoms with E-state index in [0.29, 0.717) is 5.57 Å². The van der Waals surface area contributed by atoms with E-state index in [0.717, 1.165) is 13.0 Å². The van der Waals surface area contributed by atoms with Crippen LogP contribution in [0, 0.1) is 0 Å². The molecule has 0 amide bonds. The molecule has 0 rings (SSSR count). The van der Waals surface area contributed by atoms with Crippen LogP contribution in [0.5, 0.6) is 0 Å². The molecule has 0 bridgehead atoms. The summed E-state index contributed by atoms with van der Waals surface area (Å²) in [6, 6.07) is 0. The molecule has 0 unspecified atom stereocenters. The first kappa shape index (κ1) is 13.1. The second-order valence-corrected chi connectivity index (χ2v) is 2.08. The van der Waals surface area contributed by atoms with Crippen molar-refractivity contribution >= 4 is 18.4 Å². The third-order valence-electron chi connectivity index (χ3n) is 1.18. The van der Waals surface area contributed by atoms with E-state index in [4.69, 9.17) is 5.11 Å². The Morgan fingerprint density at radius 3 is 2.55 bits per heavy atom. The molecule has 0 saturated heterocycles. The first-order valence-electron chi connectivity index (χ1n) is 3.23. The van der Waals surface area contributed by atoms with Gasteiger partial charge in [-0.05, 0) is 26.9 Å². The molecule has 0 aliphatic carbocycles. The average Bonchev–Trinajstić information content (AvgIpc) is 1.88. The van der Waals surface area contributed by atoms with Crippen molar-refractivity contribution in [3.63, 3.8) is 0 Å². The number of rotatable bonds is 4. The number of carboxylic acid groups (broad SMARTS) is 1. The summed E-state index contributed by atoms with van der Waals surface area (Å²) < 4.78 is 0. The molecule has 0 aromatic carbocycles. The molecular weight excluding hydrogens is 166 g/mol. The van der Waals surface area contributed by atoms with E-state index in [1.54, 1.807) is 13.0 Å². The van der Waals surface area contributed by atoms with Gasteiger partial charge in [0, 0.05) is 5.57 Å². The number of carbonyl (C=O) groups is 1. The Hall–Kier alpha value is -0.540. The lowest BCUT2D eigenvalue weighted by atomic mass is 10.2. The van der Waals surface area contributed by atoms with Crippen LogP contribution in [0.25, 0.3) is 0 Å². The Balaban J connectivity index is 0. The second-order valence-electron chi connectivity index (χ2n) is 2.08. The standard InChI is InChI=1S/C7H13NO2.ClH/c1-6(7(9)10)4-3-5-8-2;/h4,8H,3,5H2,1-2H3,(H,9,10);1H. The number of aliphatic carboxylic acids is 1. The Labute approximate surface area is 72.9 Å². The molecule has 0 spiro atoms. The fourth-order valence-corrected chi connectivity index (χ4v) is 0.520. The number of hydrogen-bond donors (Lipinski definition) is 2. The quantitative estimate of drug-likeness (QED) is 0.501. The molecule has 0 aliphatic heterocycles. The third kappa shape index (κ3) is 7.36. The molecule has 2 N–H and O–H groups in total. The van der Waals surface area contributed by atoms with Crippen LogP contribution in [0.4, 0.5) is 0 Å². The lowest BCUT2D eigenvalue weighted by Crippen LogP contribution is -2.06. The molecule has 3 nitrogen and oxygen atoms in total. The SMILES string of the molecule is CNCCC=C(C)C(=O)O.Cl. The lowest BCUT2D eigenvalue weighted by Gasteiger charge is -1.93. The number of halogens is 1. The normalized spacial score (nSPS) is 10.5. The summed E-state index contributed by atoms with van der Waals surface area (Å²) in [5.41, 5.74) is 0.412. The van der Waals surface area contributed by atoms with Gasteiger partial charge in [0.15, 0.2) is 0 Å². The van der Waals surface area contributed by atoms with Gasteiger partial charge in [0.25, 0.3) is 0 Å². The maximum Gasteiger partial charge on any atom is 0.330 e. The molecular formula is C7H14ClNO2. The fraction of sp³-hybridized carbons (Fsp3) is 0.571. The first-order chi connectivity index (χ1) is 4.68. The highest BCUT2D eigenvalue weighted by atomic mass is 35.5. The van der Waals surface area contributed by atoms with Gasteiger partial charge in [-0.25, -0.2) is 4.79 Å². The van der Waals surface area contributed by atoms with Gasteiger partial charge in [-0.3, -0.25) is 0 Å². The molecule has 0 atom stereocenters. The molecule has 66 valence electrons. The molecule has 0 aromatic rings. The molecule has 0 aromatic heterocycles. The first-order valence-corrected chi connectivity index (χ1v) is 3.23. The summed E-state index contributed by atoms with van der Waals surface area (Å²) in [4.78, 5) is 10.2. The number of carboxylic acids is 1. The van der Waals surface area contributed by atoms with Crippen LogP contribution < -0.4 is 5.32 Å². The summed E-state index contributed by atoms with van der Waals surface area (Å²) >= 11 is 0. The third-order valence-corrected chi connectivity index (χ3v) is 1.18. The van der Waals surface area contributed by atoms with Crippen LogP contribution in [0.2, 0.25) is 0 Å². The zero-order valence-electron chi connectivity index (χ0n) is 6.76. The van der Waals surface area contributed by atoms with E-state index in [2.05, 4.69) is 5.32 Å². The van der Waals surface area contributed by atoms with Crippen LogP contribution in [-0.4, -0.2) is 24.7 Å². The van der Waals surface area contributed by atoms with E-state index in [-0.39, 0.29) is 12.4 Å². The Morgan fingerprint density at radius 1 is 1.64 bits per heavy atom. The molecule has 0 heterocycles. The molecule has 0 radical (unpaired) electrons. The summed E-state index contributed by atoms with van der Waals surface area (Å²) in [6.07, 6.45) is 2.48. The van der Waals surface area contributed by atoms with Crippen LogP contribution in [-0.2, 0) is 4.79 Å². The minimum atomic E-state index is -0.837. The molecule has 0 saturated carbocycles. The summed E-state index contributed by atoms with van der Waals surface area (Å²) in [6.45, 7) is 2.42. The topological polar surface area (TPSA) is 49.3 Å². The van der Waals surface area contributed by atoms with Gasteiger partial charge in [-0.15, -0.1) is 12.4 Å². The molecule has 0 aliphatic rings. The van der Waals surface area contributed by atoms with Gasteiger partial charge in [0.05, 0.1) is 0 Å². The lowest BCUT2D eigenvalue weighted by molar-refractivity contribution is -0.132. The Morgan fingerprint density at radius 2 is 2.18 bits per heavy atom. The van der Waals surface area contributed by atoms with Crippen molar-refractivity contribution in [2.24, 2.45) is 0 Å². The van der Waals surface area contributed by atoms with Gasteiger partial charge in [0.1, 0.15) is 0 Å². The highest BCUT2D eigenvalue weighted by molar-refractivity contribution is 5.85. The van der Waals surface area contributed by atoms with Gasteiger partial charge in [-0.1, -0.05) is 6.08 Å². The van der Waals surface area contributed by atoms with E-state index < -0.39 is 5.97 Å².